The van der Waals surface area contributed by atoms with E-state index in [1.807, 2.05) is 24.3 Å². The normalized spacial score (nSPS) is 10.7. The van der Waals surface area contributed by atoms with Crippen molar-refractivity contribution in [2.24, 2.45) is 0 Å². The number of nitrogens with one attached hydrogen (secondary N) is 1. The highest BCUT2D eigenvalue weighted by molar-refractivity contribution is 5.86. The zero-order chi connectivity index (χ0) is 14.8. The van der Waals surface area contributed by atoms with Crippen LogP contribution < -0.4 is 5.32 Å². The van der Waals surface area contributed by atoms with Gasteiger partial charge in [-0.25, -0.2) is 0 Å². The first-order valence-electron chi connectivity index (χ1n) is 7.39. The molecule has 3 aromatic carbocycles. The molecule has 0 aliphatic carbocycles. The number of para-hydroxylation sites is 2. The molecule has 0 amide bonds. The summed E-state index contributed by atoms with van der Waals surface area (Å²) in [5, 5.41) is 4.66. The minimum atomic E-state index is 1.10. The van der Waals surface area contributed by atoms with Crippen LogP contribution in [0.2, 0.25) is 0 Å². The fourth-order valence-corrected chi connectivity index (χ4v) is 2.72. The van der Waals surface area contributed by atoms with Crippen LogP contribution in [-0.2, 0) is 0 Å². The predicted octanol–water partition coefficient (Wildman–Crippen LogP) is 5.37. The molecular formula is C20H16N2. The highest BCUT2D eigenvalue weighted by Crippen LogP contribution is 2.25. The molecule has 1 heterocycles. The molecule has 2 heteroatoms. The Morgan fingerprint density at radius 1 is 0.636 bits per heavy atom. The van der Waals surface area contributed by atoms with Crippen LogP contribution in [0.1, 0.15) is 0 Å². The van der Waals surface area contributed by atoms with Gasteiger partial charge in [0, 0.05) is 28.6 Å². The smallest absolute Gasteiger partial charge is 0.0529 e. The first kappa shape index (κ1) is 12.7. The van der Waals surface area contributed by atoms with Crippen molar-refractivity contribution in [3.63, 3.8) is 0 Å². The van der Waals surface area contributed by atoms with E-state index in [4.69, 9.17) is 0 Å². The van der Waals surface area contributed by atoms with E-state index >= 15 is 0 Å². The van der Waals surface area contributed by atoms with Gasteiger partial charge >= 0.3 is 0 Å². The van der Waals surface area contributed by atoms with Crippen LogP contribution in [0, 0.1) is 0 Å². The lowest BCUT2D eigenvalue weighted by molar-refractivity contribution is 1.13. The molecule has 0 aliphatic heterocycles. The molecule has 0 bridgehead atoms. The van der Waals surface area contributed by atoms with Crippen molar-refractivity contribution in [1.29, 1.82) is 0 Å². The number of aromatic nitrogens is 1. The van der Waals surface area contributed by atoms with Crippen molar-refractivity contribution < 1.29 is 0 Å². The Hall–Kier alpha value is -3.00. The van der Waals surface area contributed by atoms with Crippen LogP contribution in [0.4, 0.5) is 11.4 Å². The van der Waals surface area contributed by atoms with Gasteiger partial charge in [0.05, 0.1) is 5.52 Å². The summed E-state index contributed by atoms with van der Waals surface area (Å²) in [6.45, 7) is 0. The molecule has 22 heavy (non-hydrogen) atoms. The van der Waals surface area contributed by atoms with E-state index in [1.165, 1.54) is 16.6 Å². The second-order valence-corrected chi connectivity index (χ2v) is 5.29. The summed E-state index contributed by atoms with van der Waals surface area (Å²) in [6.07, 6.45) is 2.12. The third-order valence-electron chi connectivity index (χ3n) is 3.79. The first-order chi connectivity index (χ1) is 10.9. The summed E-state index contributed by atoms with van der Waals surface area (Å²) in [5.41, 5.74) is 4.60. The maximum absolute atomic E-state index is 3.44. The van der Waals surface area contributed by atoms with Crippen molar-refractivity contribution in [1.82, 2.24) is 4.57 Å². The fraction of sp³-hybridized carbons (Fsp3) is 0. The second kappa shape index (κ2) is 5.41. The largest absolute Gasteiger partial charge is 0.356 e. The zero-order valence-corrected chi connectivity index (χ0v) is 12.1. The van der Waals surface area contributed by atoms with Crippen molar-refractivity contribution in [3.05, 3.63) is 91.1 Å². The Bertz CT molecular complexity index is 893. The Balaban J connectivity index is 1.71. The molecular weight excluding hydrogens is 268 g/mol. The molecule has 0 radical (unpaired) electrons. The summed E-state index contributed by atoms with van der Waals surface area (Å²) in [4.78, 5) is 0. The summed E-state index contributed by atoms with van der Waals surface area (Å²) in [7, 11) is 0. The summed E-state index contributed by atoms with van der Waals surface area (Å²) in [6, 6.07) is 29.2. The van der Waals surface area contributed by atoms with Crippen LogP contribution in [0.15, 0.2) is 91.1 Å². The molecule has 4 rings (SSSR count). The van der Waals surface area contributed by atoms with Gasteiger partial charge in [0.1, 0.15) is 0 Å². The Morgan fingerprint density at radius 3 is 2.14 bits per heavy atom. The van der Waals surface area contributed by atoms with Crippen molar-refractivity contribution in [3.8, 4) is 5.69 Å². The Kier molecular flexibility index (Phi) is 3.13. The molecule has 2 nitrogen and oxygen atoms in total. The third-order valence-corrected chi connectivity index (χ3v) is 3.79. The first-order valence-corrected chi connectivity index (χ1v) is 7.39. The number of anilines is 2. The standard InChI is InChI=1S/C20H16N2/c1-3-7-17(8-4-1)21-18-11-12-20-16(15-18)13-14-22(20)19-9-5-2-6-10-19/h1-15,21H. The van der Waals surface area contributed by atoms with Crippen molar-refractivity contribution in [2.75, 3.05) is 5.32 Å². The second-order valence-electron chi connectivity index (χ2n) is 5.29. The lowest BCUT2D eigenvalue weighted by Gasteiger charge is -2.08. The average molecular weight is 284 g/mol. The SMILES string of the molecule is c1ccc(Nc2ccc3c(ccn3-c3ccccc3)c2)cc1. The molecule has 0 aliphatic rings. The highest BCUT2D eigenvalue weighted by atomic mass is 15.0. The number of fused-ring (bicyclic) bond motifs is 1. The van der Waals surface area contributed by atoms with Gasteiger partial charge in [0.2, 0.25) is 0 Å². The summed E-state index contributed by atoms with van der Waals surface area (Å²) >= 11 is 0. The molecule has 0 atom stereocenters. The minimum Gasteiger partial charge on any atom is -0.356 e. The molecule has 106 valence electrons. The number of rotatable bonds is 3. The van der Waals surface area contributed by atoms with E-state index in [2.05, 4.69) is 76.7 Å². The topological polar surface area (TPSA) is 17.0 Å². The fourth-order valence-electron chi connectivity index (χ4n) is 2.72. The van der Waals surface area contributed by atoms with Crippen LogP contribution in [0.5, 0.6) is 0 Å². The molecule has 1 aromatic heterocycles. The molecule has 0 fully saturated rings. The van der Waals surface area contributed by atoms with E-state index in [0.29, 0.717) is 0 Å². The van der Waals surface area contributed by atoms with Gasteiger partial charge in [0.25, 0.3) is 0 Å². The predicted molar refractivity (Wildman–Crippen MR) is 93.0 cm³/mol. The van der Waals surface area contributed by atoms with Gasteiger partial charge < -0.3 is 9.88 Å². The number of benzene rings is 3. The van der Waals surface area contributed by atoms with Gasteiger partial charge in [-0.05, 0) is 48.5 Å². The highest BCUT2D eigenvalue weighted by Gasteiger charge is 2.04. The molecule has 0 saturated heterocycles. The van der Waals surface area contributed by atoms with Crippen LogP contribution >= 0.6 is 0 Å². The molecule has 1 N–H and O–H groups in total. The van der Waals surface area contributed by atoms with Gasteiger partial charge in [-0.1, -0.05) is 36.4 Å². The van der Waals surface area contributed by atoms with E-state index < -0.39 is 0 Å². The Labute approximate surface area is 129 Å². The number of nitrogens with zero attached hydrogens (tertiary/aromatic N) is 1. The maximum atomic E-state index is 3.44. The van der Waals surface area contributed by atoms with Crippen molar-refractivity contribution in [2.45, 2.75) is 0 Å². The van der Waals surface area contributed by atoms with Gasteiger partial charge in [-0.15, -0.1) is 0 Å². The number of hydrogen-bond acceptors (Lipinski definition) is 1. The average Bonchev–Trinajstić information content (AvgIpc) is 3.00. The summed E-state index contributed by atoms with van der Waals surface area (Å²) in [5.74, 6) is 0. The monoisotopic (exact) mass is 284 g/mol. The van der Waals surface area contributed by atoms with Crippen molar-refractivity contribution >= 4 is 22.3 Å². The molecule has 4 aromatic rings. The third kappa shape index (κ3) is 2.35. The van der Waals surface area contributed by atoms with E-state index in [0.717, 1.165) is 11.4 Å². The van der Waals surface area contributed by atoms with E-state index in [9.17, 15) is 0 Å². The minimum absolute atomic E-state index is 1.10. The van der Waals surface area contributed by atoms with Gasteiger partial charge in [0.15, 0.2) is 0 Å². The van der Waals surface area contributed by atoms with E-state index in [1.54, 1.807) is 0 Å². The summed E-state index contributed by atoms with van der Waals surface area (Å²) < 4.78 is 2.21. The van der Waals surface area contributed by atoms with E-state index in [-0.39, 0.29) is 0 Å². The Morgan fingerprint density at radius 2 is 1.36 bits per heavy atom. The van der Waals surface area contributed by atoms with Crippen LogP contribution in [0.25, 0.3) is 16.6 Å². The lowest BCUT2D eigenvalue weighted by atomic mass is 10.2. The van der Waals surface area contributed by atoms with Crippen LogP contribution in [-0.4, -0.2) is 4.57 Å². The lowest BCUT2D eigenvalue weighted by Crippen LogP contribution is -1.92. The van der Waals surface area contributed by atoms with Gasteiger partial charge in [-0.2, -0.15) is 0 Å². The van der Waals surface area contributed by atoms with Crippen LogP contribution in [0.3, 0.4) is 0 Å². The molecule has 0 unspecified atom stereocenters. The quantitative estimate of drug-likeness (QED) is 0.535. The molecule has 0 saturated carbocycles. The number of hydrogen-bond donors (Lipinski definition) is 1. The van der Waals surface area contributed by atoms with Gasteiger partial charge in [-0.3, -0.25) is 0 Å². The maximum Gasteiger partial charge on any atom is 0.0529 e. The molecule has 0 spiro atoms. The zero-order valence-electron chi connectivity index (χ0n) is 12.1.